The summed E-state index contributed by atoms with van der Waals surface area (Å²) in [6.07, 6.45) is 3.42. The van der Waals surface area contributed by atoms with E-state index in [1.54, 1.807) is 17.1 Å². The lowest BCUT2D eigenvalue weighted by molar-refractivity contribution is -0.122. The van der Waals surface area contributed by atoms with Gasteiger partial charge in [-0.1, -0.05) is 76.6 Å². The molecule has 2 aromatic heterocycles. The molecule has 0 spiro atoms. The van der Waals surface area contributed by atoms with Crippen molar-refractivity contribution >= 4 is 44.7 Å². The number of H-pyrrole nitrogens is 1. The van der Waals surface area contributed by atoms with Crippen LogP contribution in [0.15, 0.2) is 121 Å². The molecular weight excluding hydrogens is 570 g/mol. The first-order valence-corrected chi connectivity index (χ1v) is 13.5. The van der Waals surface area contributed by atoms with Crippen molar-refractivity contribution in [3.05, 3.63) is 129 Å². The summed E-state index contributed by atoms with van der Waals surface area (Å²) in [4.78, 5) is 29.6. The fourth-order valence-corrected chi connectivity index (χ4v) is 5.34. The molecule has 3 heterocycles. The van der Waals surface area contributed by atoms with Crippen molar-refractivity contribution in [2.24, 2.45) is 10.2 Å². The standard InChI is InChI=1S/C31H24BrN5O3/c32-22-13-14-25-24(16-22)29(21-10-5-2-6-11-21)30(31(39)34-25)26-17-27(20-8-3-1-4-9-20)37(36-26)19-28(38)35-33-18-23-12-7-15-40-23/h1-16,18,27H,17,19H2,(H,34,39)(H,35,38)/b33-18+. The van der Waals surface area contributed by atoms with E-state index in [-0.39, 0.29) is 24.1 Å². The molecule has 6 rings (SSSR count). The van der Waals surface area contributed by atoms with E-state index in [1.807, 2.05) is 78.9 Å². The lowest BCUT2D eigenvalue weighted by atomic mass is 9.91. The van der Waals surface area contributed by atoms with Gasteiger partial charge < -0.3 is 9.40 Å². The Labute approximate surface area is 238 Å². The fourth-order valence-electron chi connectivity index (χ4n) is 4.98. The van der Waals surface area contributed by atoms with Crippen LogP contribution in [-0.2, 0) is 4.79 Å². The zero-order chi connectivity index (χ0) is 27.5. The number of halogens is 1. The molecule has 40 heavy (non-hydrogen) atoms. The molecule has 0 fully saturated rings. The van der Waals surface area contributed by atoms with Crippen molar-refractivity contribution in [2.75, 3.05) is 6.54 Å². The van der Waals surface area contributed by atoms with E-state index >= 15 is 0 Å². The second-order valence-corrected chi connectivity index (χ2v) is 10.3. The van der Waals surface area contributed by atoms with Crippen molar-refractivity contribution in [1.82, 2.24) is 15.4 Å². The predicted octanol–water partition coefficient (Wildman–Crippen LogP) is 5.85. The monoisotopic (exact) mass is 593 g/mol. The van der Waals surface area contributed by atoms with Crippen LogP contribution in [0.1, 0.15) is 29.3 Å². The molecule has 198 valence electrons. The molecule has 3 aromatic carbocycles. The largest absolute Gasteiger partial charge is 0.463 e. The minimum absolute atomic E-state index is 0.0454. The number of hydrogen-bond donors (Lipinski definition) is 2. The number of fused-ring (bicyclic) bond motifs is 1. The molecule has 1 amide bonds. The number of amides is 1. The van der Waals surface area contributed by atoms with Crippen molar-refractivity contribution in [2.45, 2.75) is 12.5 Å². The van der Waals surface area contributed by atoms with E-state index in [0.29, 0.717) is 23.5 Å². The van der Waals surface area contributed by atoms with Crippen LogP contribution in [0.4, 0.5) is 0 Å². The van der Waals surface area contributed by atoms with Gasteiger partial charge in [0.25, 0.3) is 11.5 Å². The van der Waals surface area contributed by atoms with Crippen molar-refractivity contribution < 1.29 is 9.21 Å². The van der Waals surface area contributed by atoms with Gasteiger partial charge in [0, 0.05) is 27.4 Å². The van der Waals surface area contributed by atoms with Gasteiger partial charge in [0.1, 0.15) is 12.3 Å². The Morgan fingerprint density at radius 2 is 1.82 bits per heavy atom. The average Bonchev–Trinajstić information content (AvgIpc) is 3.64. The summed E-state index contributed by atoms with van der Waals surface area (Å²) in [7, 11) is 0. The Bertz CT molecular complexity index is 1780. The topological polar surface area (TPSA) is 103 Å². The second kappa shape index (κ2) is 11.2. The van der Waals surface area contributed by atoms with Crippen LogP contribution >= 0.6 is 15.9 Å². The SMILES string of the molecule is O=C(CN1N=C(c2c(-c3ccccc3)c3cc(Br)ccc3[nH]c2=O)CC1c1ccccc1)N/N=C/c1ccco1. The van der Waals surface area contributed by atoms with E-state index in [1.165, 1.54) is 12.5 Å². The summed E-state index contributed by atoms with van der Waals surface area (Å²) in [5.74, 6) is 0.188. The van der Waals surface area contributed by atoms with Crippen LogP contribution in [0.2, 0.25) is 0 Å². The lowest BCUT2D eigenvalue weighted by Crippen LogP contribution is -2.32. The summed E-state index contributed by atoms with van der Waals surface area (Å²) in [6, 6.07) is 28.7. The summed E-state index contributed by atoms with van der Waals surface area (Å²) < 4.78 is 6.12. The molecule has 1 aliphatic heterocycles. The number of carbonyl (C=O) groups excluding carboxylic acids is 1. The number of rotatable bonds is 7. The lowest BCUT2D eigenvalue weighted by Gasteiger charge is -2.22. The van der Waals surface area contributed by atoms with Crippen molar-refractivity contribution in [3.8, 4) is 11.1 Å². The third-order valence-corrected chi connectivity index (χ3v) is 7.23. The highest BCUT2D eigenvalue weighted by atomic mass is 79.9. The van der Waals surface area contributed by atoms with Crippen LogP contribution in [0.25, 0.3) is 22.0 Å². The van der Waals surface area contributed by atoms with Gasteiger partial charge in [-0.15, -0.1) is 0 Å². The Hall–Kier alpha value is -4.76. The minimum atomic E-state index is -0.339. The molecule has 1 atom stereocenters. The van der Waals surface area contributed by atoms with Gasteiger partial charge in [0.2, 0.25) is 0 Å². The highest BCUT2D eigenvalue weighted by Crippen LogP contribution is 2.37. The Morgan fingerprint density at radius 1 is 1.05 bits per heavy atom. The molecule has 9 heteroatoms. The maximum absolute atomic E-state index is 13.7. The maximum Gasteiger partial charge on any atom is 0.261 e. The van der Waals surface area contributed by atoms with Crippen LogP contribution < -0.4 is 11.0 Å². The molecule has 1 aliphatic rings. The molecular formula is C31H24BrN5O3. The number of aromatic nitrogens is 1. The van der Waals surface area contributed by atoms with E-state index in [4.69, 9.17) is 9.52 Å². The number of nitrogens with zero attached hydrogens (tertiary/aromatic N) is 3. The predicted molar refractivity (Wildman–Crippen MR) is 159 cm³/mol. The highest BCUT2D eigenvalue weighted by molar-refractivity contribution is 9.10. The third kappa shape index (κ3) is 5.23. The Balaban J connectivity index is 1.41. The normalized spacial score (nSPS) is 15.1. The second-order valence-electron chi connectivity index (χ2n) is 9.34. The summed E-state index contributed by atoms with van der Waals surface area (Å²) in [6.45, 7) is -0.0454. The first-order valence-electron chi connectivity index (χ1n) is 12.7. The van der Waals surface area contributed by atoms with Crippen molar-refractivity contribution in [1.29, 1.82) is 0 Å². The number of aromatic amines is 1. The Morgan fingerprint density at radius 3 is 2.58 bits per heavy atom. The van der Waals surface area contributed by atoms with Crippen LogP contribution in [0.3, 0.4) is 0 Å². The molecule has 0 aliphatic carbocycles. The first kappa shape index (κ1) is 25.5. The zero-order valence-corrected chi connectivity index (χ0v) is 22.8. The van der Waals surface area contributed by atoms with Gasteiger partial charge in [0.05, 0.1) is 29.8 Å². The molecule has 0 saturated heterocycles. The smallest absolute Gasteiger partial charge is 0.261 e. The van der Waals surface area contributed by atoms with Gasteiger partial charge >= 0.3 is 0 Å². The van der Waals surface area contributed by atoms with Crippen LogP contribution in [-0.4, -0.2) is 34.4 Å². The number of carbonyl (C=O) groups is 1. The molecule has 1 unspecified atom stereocenters. The number of benzene rings is 3. The number of pyridine rings is 1. The quantitative estimate of drug-likeness (QED) is 0.182. The highest BCUT2D eigenvalue weighted by Gasteiger charge is 2.33. The molecule has 0 saturated carbocycles. The molecule has 8 nitrogen and oxygen atoms in total. The van der Waals surface area contributed by atoms with E-state index in [0.717, 1.165) is 32.1 Å². The van der Waals surface area contributed by atoms with E-state index in [2.05, 4.69) is 31.4 Å². The minimum Gasteiger partial charge on any atom is -0.463 e. The zero-order valence-electron chi connectivity index (χ0n) is 21.3. The number of nitrogens with one attached hydrogen (secondary N) is 2. The molecule has 5 aromatic rings. The fraction of sp³-hybridized carbons (Fsp3) is 0.0968. The van der Waals surface area contributed by atoms with E-state index < -0.39 is 0 Å². The maximum atomic E-state index is 13.7. The first-order chi connectivity index (χ1) is 19.6. The Kier molecular flexibility index (Phi) is 7.11. The van der Waals surface area contributed by atoms with Gasteiger partial charge in [-0.25, -0.2) is 5.43 Å². The van der Waals surface area contributed by atoms with Crippen molar-refractivity contribution in [3.63, 3.8) is 0 Å². The number of hydrogen-bond acceptors (Lipinski definition) is 6. The van der Waals surface area contributed by atoms with Gasteiger partial charge in [-0.2, -0.15) is 10.2 Å². The summed E-state index contributed by atoms with van der Waals surface area (Å²) >= 11 is 3.58. The van der Waals surface area contributed by atoms with Gasteiger partial charge in [0.15, 0.2) is 0 Å². The van der Waals surface area contributed by atoms with Gasteiger partial charge in [-0.05, 0) is 41.5 Å². The van der Waals surface area contributed by atoms with Crippen LogP contribution in [0, 0.1) is 0 Å². The van der Waals surface area contributed by atoms with Gasteiger partial charge in [-0.3, -0.25) is 14.6 Å². The summed E-state index contributed by atoms with van der Waals surface area (Å²) in [5.41, 5.74) is 6.87. The third-order valence-electron chi connectivity index (χ3n) is 6.74. The number of furan rings is 1. The average molecular weight is 594 g/mol. The molecule has 0 bridgehead atoms. The number of hydrazone groups is 2. The van der Waals surface area contributed by atoms with Crippen LogP contribution in [0.5, 0.6) is 0 Å². The van der Waals surface area contributed by atoms with E-state index in [9.17, 15) is 9.59 Å². The summed E-state index contributed by atoms with van der Waals surface area (Å²) in [5, 5.41) is 11.5. The molecule has 2 N–H and O–H groups in total. The molecule has 0 radical (unpaired) electrons.